The molecule has 0 aromatic carbocycles. The fraction of sp³-hybridized carbons (Fsp3) is 0.929. The third kappa shape index (κ3) is 3.98. The molecule has 0 aliphatic heterocycles. The third-order valence-electron chi connectivity index (χ3n) is 4.20. The zero-order chi connectivity index (χ0) is 12.1. The maximum atomic E-state index is 11.9. The highest BCUT2D eigenvalue weighted by Gasteiger charge is 2.33. The molecule has 2 fully saturated rings. The van der Waals surface area contributed by atoms with Gasteiger partial charge in [-0.2, -0.15) is 0 Å². The summed E-state index contributed by atoms with van der Waals surface area (Å²) in [5.74, 6) is -0.0682. The van der Waals surface area contributed by atoms with Gasteiger partial charge in [-0.05, 0) is 38.5 Å². The summed E-state index contributed by atoms with van der Waals surface area (Å²) in [5, 5.41) is 0. The van der Waals surface area contributed by atoms with Crippen LogP contribution in [0.15, 0.2) is 0 Å². The summed E-state index contributed by atoms with van der Waals surface area (Å²) in [4.78, 5) is 11.9. The normalized spacial score (nSPS) is 25.5. The van der Waals surface area contributed by atoms with E-state index in [4.69, 9.17) is 10.5 Å². The Labute approximate surface area is 104 Å². The van der Waals surface area contributed by atoms with Gasteiger partial charge < -0.3 is 10.5 Å². The number of hydrogen-bond acceptors (Lipinski definition) is 3. The topological polar surface area (TPSA) is 52.3 Å². The van der Waals surface area contributed by atoms with Gasteiger partial charge >= 0.3 is 5.97 Å². The van der Waals surface area contributed by atoms with Crippen LogP contribution >= 0.6 is 0 Å². The van der Waals surface area contributed by atoms with Crippen LogP contribution in [0.25, 0.3) is 0 Å². The van der Waals surface area contributed by atoms with Crippen molar-refractivity contribution in [3.63, 3.8) is 0 Å². The lowest BCUT2D eigenvalue weighted by Gasteiger charge is -2.24. The van der Waals surface area contributed by atoms with Crippen molar-refractivity contribution in [3.8, 4) is 0 Å². The predicted molar refractivity (Wildman–Crippen MR) is 67.6 cm³/mol. The van der Waals surface area contributed by atoms with Crippen molar-refractivity contribution < 1.29 is 9.53 Å². The quantitative estimate of drug-likeness (QED) is 0.608. The molecule has 2 aliphatic rings. The van der Waals surface area contributed by atoms with E-state index in [2.05, 4.69) is 0 Å². The van der Waals surface area contributed by atoms with Crippen LogP contribution in [0.1, 0.15) is 70.6 Å². The van der Waals surface area contributed by atoms with E-state index in [-0.39, 0.29) is 17.6 Å². The summed E-state index contributed by atoms with van der Waals surface area (Å²) in [6.07, 6.45) is 11.9. The van der Waals surface area contributed by atoms with Gasteiger partial charge in [0.05, 0.1) is 6.42 Å². The Morgan fingerprint density at radius 3 is 2.24 bits per heavy atom. The van der Waals surface area contributed by atoms with Gasteiger partial charge in [-0.1, -0.05) is 25.7 Å². The molecule has 0 spiro atoms. The van der Waals surface area contributed by atoms with E-state index in [1.54, 1.807) is 0 Å². The molecular formula is C14H25NO2. The minimum atomic E-state index is -0.262. The molecule has 0 unspecified atom stereocenters. The highest BCUT2D eigenvalue weighted by molar-refractivity contribution is 5.71. The Hall–Kier alpha value is -0.570. The highest BCUT2D eigenvalue weighted by Crippen LogP contribution is 2.31. The van der Waals surface area contributed by atoms with Crippen molar-refractivity contribution in [2.45, 2.75) is 82.3 Å². The molecule has 3 heteroatoms. The average Bonchev–Trinajstić information content (AvgIpc) is 2.54. The molecule has 0 atom stereocenters. The van der Waals surface area contributed by atoms with Gasteiger partial charge in [0.1, 0.15) is 6.10 Å². The summed E-state index contributed by atoms with van der Waals surface area (Å²) < 4.78 is 5.58. The molecule has 0 aromatic heterocycles. The van der Waals surface area contributed by atoms with Crippen LogP contribution in [0.3, 0.4) is 0 Å². The van der Waals surface area contributed by atoms with E-state index in [1.165, 1.54) is 25.7 Å². The van der Waals surface area contributed by atoms with Crippen LogP contribution in [-0.2, 0) is 9.53 Å². The van der Waals surface area contributed by atoms with Crippen molar-refractivity contribution in [3.05, 3.63) is 0 Å². The maximum Gasteiger partial charge on any atom is 0.307 e. The summed E-state index contributed by atoms with van der Waals surface area (Å²) >= 11 is 0. The molecule has 2 aliphatic carbocycles. The lowest BCUT2D eigenvalue weighted by atomic mass is 9.95. The summed E-state index contributed by atoms with van der Waals surface area (Å²) in [6.45, 7) is 0. The van der Waals surface area contributed by atoms with Gasteiger partial charge in [-0.15, -0.1) is 0 Å². The Bertz CT molecular complexity index is 251. The molecule has 17 heavy (non-hydrogen) atoms. The van der Waals surface area contributed by atoms with E-state index in [9.17, 15) is 4.79 Å². The van der Waals surface area contributed by atoms with Gasteiger partial charge in [0, 0.05) is 5.54 Å². The van der Waals surface area contributed by atoms with Gasteiger partial charge in [0.25, 0.3) is 0 Å². The SMILES string of the molecule is NC1(CC(=O)OC2CCCCCC2)CCCC1. The van der Waals surface area contributed by atoms with Crippen LogP contribution < -0.4 is 5.73 Å². The van der Waals surface area contributed by atoms with Gasteiger partial charge in [0.15, 0.2) is 0 Å². The van der Waals surface area contributed by atoms with E-state index in [0.29, 0.717) is 6.42 Å². The molecule has 0 saturated heterocycles. The fourth-order valence-corrected chi connectivity index (χ4v) is 3.13. The van der Waals surface area contributed by atoms with Crippen molar-refractivity contribution in [2.75, 3.05) is 0 Å². The molecule has 0 radical (unpaired) electrons. The van der Waals surface area contributed by atoms with Crippen molar-refractivity contribution in [2.24, 2.45) is 5.73 Å². The maximum absolute atomic E-state index is 11.9. The number of hydrogen-bond donors (Lipinski definition) is 1. The molecule has 3 nitrogen and oxygen atoms in total. The molecule has 0 bridgehead atoms. The van der Waals surface area contributed by atoms with Crippen LogP contribution in [0.2, 0.25) is 0 Å². The Morgan fingerprint density at radius 2 is 1.65 bits per heavy atom. The second kappa shape index (κ2) is 5.85. The minimum absolute atomic E-state index is 0.0682. The molecule has 2 saturated carbocycles. The summed E-state index contributed by atoms with van der Waals surface area (Å²) in [5.41, 5.74) is 5.93. The van der Waals surface area contributed by atoms with Crippen LogP contribution in [0.5, 0.6) is 0 Å². The zero-order valence-corrected chi connectivity index (χ0v) is 10.7. The van der Waals surface area contributed by atoms with Crippen molar-refractivity contribution >= 4 is 5.97 Å². The first-order valence-electron chi connectivity index (χ1n) is 7.16. The van der Waals surface area contributed by atoms with E-state index in [0.717, 1.165) is 38.5 Å². The minimum Gasteiger partial charge on any atom is -0.462 e. The first-order chi connectivity index (χ1) is 8.18. The first-order valence-corrected chi connectivity index (χ1v) is 7.16. The number of carbonyl (C=O) groups excluding carboxylic acids is 1. The lowest BCUT2D eigenvalue weighted by Crippen LogP contribution is -2.39. The van der Waals surface area contributed by atoms with Crippen LogP contribution in [0.4, 0.5) is 0 Å². The molecule has 0 amide bonds. The molecule has 2 N–H and O–H groups in total. The Morgan fingerprint density at radius 1 is 1.06 bits per heavy atom. The largest absolute Gasteiger partial charge is 0.462 e. The summed E-state index contributed by atoms with van der Waals surface area (Å²) in [6, 6.07) is 0. The zero-order valence-electron chi connectivity index (χ0n) is 10.7. The lowest BCUT2D eigenvalue weighted by molar-refractivity contribution is -0.151. The second-order valence-electron chi connectivity index (χ2n) is 5.85. The summed E-state index contributed by atoms with van der Waals surface area (Å²) in [7, 11) is 0. The number of rotatable bonds is 3. The predicted octanol–water partition coefficient (Wildman–Crippen LogP) is 2.91. The van der Waals surface area contributed by atoms with Crippen LogP contribution in [0, 0.1) is 0 Å². The van der Waals surface area contributed by atoms with E-state index >= 15 is 0 Å². The van der Waals surface area contributed by atoms with Gasteiger partial charge in [-0.3, -0.25) is 4.79 Å². The standard InChI is InChI=1S/C14H25NO2/c15-14(9-5-6-10-14)11-13(16)17-12-7-3-1-2-4-8-12/h12H,1-11,15H2. The first kappa shape index (κ1) is 12.9. The Kier molecular flexibility index (Phi) is 4.43. The van der Waals surface area contributed by atoms with E-state index in [1.807, 2.05) is 0 Å². The number of nitrogens with two attached hydrogens (primary N) is 1. The third-order valence-corrected chi connectivity index (χ3v) is 4.20. The smallest absolute Gasteiger partial charge is 0.307 e. The fourth-order valence-electron chi connectivity index (χ4n) is 3.13. The molecular weight excluding hydrogens is 214 g/mol. The monoisotopic (exact) mass is 239 g/mol. The molecule has 0 aromatic rings. The van der Waals surface area contributed by atoms with Gasteiger partial charge in [0.2, 0.25) is 0 Å². The number of esters is 1. The molecule has 2 rings (SSSR count). The highest BCUT2D eigenvalue weighted by atomic mass is 16.5. The van der Waals surface area contributed by atoms with Crippen molar-refractivity contribution in [1.82, 2.24) is 0 Å². The van der Waals surface area contributed by atoms with Crippen molar-refractivity contribution in [1.29, 1.82) is 0 Å². The number of ether oxygens (including phenoxy) is 1. The van der Waals surface area contributed by atoms with Crippen LogP contribution in [-0.4, -0.2) is 17.6 Å². The number of carbonyl (C=O) groups is 1. The van der Waals surface area contributed by atoms with Gasteiger partial charge in [-0.25, -0.2) is 0 Å². The van der Waals surface area contributed by atoms with E-state index < -0.39 is 0 Å². The molecule has 98 valence electrons. The average molecular weight is 239 g/mol. The second-order valence-corrected chi connectivity index (χ2v) is 5.85. The molecule has 0 heterocycles. The Balaban J connectivity index is 1.75.